The third kappa shape index (κ3) is 31.4. The minimum atomic E-state index is -1.87. The molecule has 2 heterocycles. The molecule has 0 unspecified atom stereocenters. The van der Waals surface area contributed by atoms with Crippen LogP contribution in [-0.4, -0.2) is 225 Å². The standard InChI is InChI=1S/C61H104N20O14.C2H4O2/c1-32(2)28-41(51(87)74-40(49(65)85)30-36-16-8-7-9-17-36)75-53(89)43(31-46(64)84)76-52(88)42(29-33(3)4)77-56(92)47(34(5)82)79-57(93)48(35(6)83)78-55(91)45-22-15-27-81(45)59(95)39(20-13-25-71-61(68)69)73-50(86)38(19-10-11-23-62)72-54(90)44-21-14-26-80(44)58(94)37(63)18-12-24-70-60(66)67;1-2(3)4/h7-9,16-17,32-35,37-45,47-48,82-83H,10-15,18-31,62-63H2,1-6H3,(H2,64,84)(H2,65,85)(H,72,90)(H,73,86)(H,74,87)(H,75,89)(H,76,88)(H,77,92)(H,78,91)(H,79,93)(H4,66,67,70)(H4,68,69,71);1H3,(H,3,4)/t34-,35-,37+,38+,39+,40+,41+,42+,43+,44+,45+,47+,48+;/m1./s1. The summed E-state index contributed by atoms with van der Waals surface area (Å²) < 4.78 is 0. The molecule has 0 aliphatic carbocycles. The Balaban J connectivity index is 0.00000809. The Kier molecular flexibility index (Phi) is 38.0. The predicted octanol–water partition coefficient (Wildman–Crippen LogP) is -6.04. The van der Waals surface area contributed by atoms with Crippen molar-refractivity contribution in [1.82, 2.24) is 52.3 Å². The summed E-state index contributed by atoms with van der Waals surface area (Å²) in [5, 5.41) is 49.7. The number of rotatable bonds is 41. The molecule has 1 aromatic carbocycles. The van der Waals surface area contributed by atoms with Crippen molar-refractivity contribution in [2.75, 3.05) is 32.7 Å². The molecule has 0 aromatic heterocycles. The average molecular weight is 1400 g/mol. The van der Waals surface area contributed by atoms with Gasteiger partial charge in [-0.3, -0.25) is 72.3 Å². The molecule has 2 fully saturated rings. The summed E-state index contributed by atoms with van der Waals surface area (Å²) in [4.78, 5) is 185. The van der Waals surface area contributed by atoms with Gasteiger partial charge < -0.3 is 114 Å². The van der Waals surface area contributed by atoms with E-state index in [0.717, 1.165) is 20.8 Å². The Bertz CT molecular complexity index is 2920. The molecule has 556 valence electrons. The molecule has 3 rings (SSSR count). The number of nitrogens with zero attached hydrogens (tertiary/aromatic N) is 4. The number of benzene rings is 1. The highest BCUT2D eigenvalue weighted by molar-refractivity contribution is 6.00. The van der Waals surface area contributed by atoms with E-state index in [1.807, 2.05) is 0 Å². The number of hydrogen-bond donors (Lipinski definition) is 19. The van der Waals surface area contributed by atoms with E-state index >= 15 is 0 Å². The fourth-order valence-corrected chi connectivity index (χ4v) is 11.0. The zero-order valence-corrected chi connectivity index (χ0v) is 57.7. The lowest BCUT2D eigenvalue weighted by molar-refractivity contribution is -0.143. The van der Waals surface area contributed by atoms with E-state index in [2.05, 4.69) is 52.5 Å². The summed E-state index contributed by atoms with van der Waals surface area (Å²) in [5.74, 6) is -12.3. The van der Waals surface area contributed by atoms with Gasteiger partial charge in [0.25, 0.3) is 5.97 Å². The van der Waals surface area contributed by atoms with Crippen LogP contribution in [0, 0.1) is 11.8 Å². The maximum absolute atomic E-state index is 14.7. The Hall–Kier alpha value is -9.29. The number of nitrogens with one attached hydrogen (secondary N) is 8. The van der Waals surface area contributed by atoms with Crippen molar-refractivity contribution in [3.05, 3.63) is 35.9 Å². The molecule has 0 spiro atoms. The van der Waals surface area contributed by atoms with Crippen molar-refractivity contribution in [3.63, 3.8) is 0 Å². The van der Waals surface area contributed by atoms with Crippen molar-refractivity contribution in [1.29, 1.82) is 0 Å². The number of carboxylic acid groups (broad SMARTS) is 1. The van der Waals surface area contributed by atoms with Gasteiger partial charge in [0.15, 0.2) is 11.9 Å². The lowest BCUT2D eigenvalue weighted by Gasteiger charge is -2.32. The van der Waals surface area contributed by atoms with Crippen molar-refractivity contribution >= 4 is 88.8 Å². The zero-order valence-electron chi connectivity index (χ0n) is 57.7. The van der Waals surface area contributed by atoms with E-state index in [-0.39, 0.29) is 121 Å². The number of carbonyl (C=O) groups excluding carboxylic acids is 12. The van der Waals surface area contributed by atoms with Crippen molar-refractivity contribution < 1.29 is 77.6 Å². The third-order valence-corrected chi connectivity index (χ3v) is 15.9. The number of aliphatic carboxylic acids is 1. The molecule has 99 heavy (non-hydrogen) atoms. The summed E-state index contributed by atoms with van der Waals surface area (Å²) in [5.41, 5.74) is 45.8. The minimum Gasteiger partial charge on any atom is -0.481 e. The number of likely N-dealkylation sites (tertiary alicyclic amines) is 2. The van der Waals surface area contributed by atoms with Crippen LogP contribution < -0.4 is 88.4 Å². The highest BCUT2D eigenvalue weighted by Gasteiger charge is 2.43. The minimum absolute atomic E-state index is 0.00508. The maximum atomic E-state index is 14.7. The normalized spacial score (nSPS) is 17.5. The average Bonchev–Trinajstić information content (AvgIpc) is 1.69. The van der Waals surface area contributed by atoms with Crippen LogP contribution in [0.25, 0.3) is 0 Å². The van der Waals surface area contributed by atoms with E-state index in [1.165, 1.54) is 9.80 Å². The number of primary amides is 2. The van der Waals surface area contributed by atoms with Gasteiger partial charge in [0.05, 0.1) is 24.7 Å². The van der Waals surface area contributed by atoms with E-state index in [0.29, 0.717) is 31.2 Å². The molecular formula is C63H108N20O16. The highest BCUT2D eigenvalue weighted by Crippen LogP contribution is 2.23. The second-order valence-corrected chi connectivity index (χ2v) is 25.5. The summed E-state index contributed by atoms with van der Waals surface area (Å²) >= 11 is 0. The Labute approximate surface area is 576 Å². The van der Waals surface area contributed by atoms with Crippen LogP contribution >= 0.6 is 0 Å². The van der Waals surface area contributed by atoms with Crippen LogP contribution in [0.5, 0.6) is 0 Å². The molecule has 2 aliphatic heterocycles. The van der Waals surface area contributed by atoms with E-state index < -0.39 is 162 Å². The first-order chi connectivity index (χ1) is 46.5. The van der Waals surface area contributed by atoms with Gasteiger partial charge in [-0.25, -0.2) is 0 Å². The van der Waals surface area contributed by atoms with Gasteiger partial charge in [0, 0.05) is 39.5 Å². The number of carboxylic acids is 1. The monoisotopic (exact) mass is 1400 g/mol. The van der Waals surface area contributed by atoms with Gasteiger partial charge in [0.1, 0.15) is 60.4 Å². The molecule has 12 amide bonds. The molecule has 36 nitrogen and oxygen atoms in total. The lowest BCUT2D eigenvalue weighted by Crippen LogP contribution is -2.63. The number of aliphatic hydroxyl groups excluding tert-OH is 2. The molecule has 13 atom stereocenters. The van der Waals surface area contributed by atoms with Gasteiger partial charge in [0.2, 0.25) is 70.9 Å². The molecule has 2 aliphatic rings. The first-order valence-corrected chi connectivity index (χ1v) is 33.3. The second kappa shape index (κ2) is 43.9. The van der Waals surface area contributed by atoms with Crippen molar-refractivity contribution in [3.8, 4) is 0 Å². The van der Waals surface area contributed by atoms with Crippen LogP contribution in [0.2, 0.25) is 0 Å². The van der Waals surface area contributed by atoms with Gasteiger partial charge in [-0.2, -0.15) is 0 Å². The Morgan fingerprint density at radius 2 is 0.929 bits per heavy atom. The van der Waals surface area contributed by atoms with Gasteiger partial charge in [-0.05, 0) is 121 Å². The summed E-state index contributed by atoms with van der Waals surface area (Å²) in [7, 11) is 0. The van der Waals surface area contributed by atoms with Crippen LogP contribution in [0.3, 0.4) is 0 Å². The Morgan fingerprint density at radius 1 is 0.515 bits per heavy atom. The SMILES string of the molecule is CC(=O)O.CC(C)C[C@H](NC(=O)[C@H](CC(N)=O)NC(=O)[C@H](CC(C)C)NC(=O)[C@@H](NC(=O)[C@@H](NC(=O)[C@@H]1CCCN1C(=O)[C@H](CCCN=C(N)N)NC(=O)[C@H](CCCCN)NC(=O)[C@@H]1CCCN1C(=O)[C@@H](N)CCCN=C(N)N)[C@@H](C)O)[C@@H](C)O)C(=O)N[C@@H](Cc1ccccc1)C(N)=O. The topological polar surface area (TPSA) is 618 Å². The zero-order chi connectivity index (χ0) is 74.8. The fourth-order valence-electron chi connectivity index (χ4n) is 11.0. The number of amides is 12. The number of guanidine groups is 2. The number of aliphatic imine (C=N–C) groups is 2. The van der Waals surface area contributed by atoms with Crippen LogP contribution in [0.4, 0.5) is 0 Å². The molecule has 0 bridgehead atoms. The van der Waals surface area contributed by atoms with Crippen LogP contribution in [-0.2, 0) is 68.7 Å². The smallest absolute Gasteiger partial charge is 0.300 e. The molecular weight excluding hydrogens is 1290 g/mol. The maximum Gasteiger partial charge on any atom is 0.300 e. The molecule has 0 radical (unpaired) electrons. The lowest BCUT2D eigenvalue weighted by atomic mass is 10.00. The number of nitrogens with two attached hydrogens (primary N) is 8. The molecule has 0 saturated carbocycles. The van der Waals surface area contributed by atoms with Crippen molar-refractivity contribution in [2.24, 2.45) is 67.7 Å². The Morgan fingerprint density at radius 3 is 1.40 bits per heavy atom. The number of carbonyl (C=O) groups is 13. The number of hydrogen-bond acceptors (Lipinski definition) is 19. The summed E-state index contributed by atoms with van der Waals surface area (Å²) in [6.07, 6.45) is -1.47. The van der Waals surface area contributed by atoms with E-state index in [1.54, 1.807) is 58.0 Å². The first kappa shape index (κ1) is 85.8. The fraction of sp³-hybridized carbons (Fsp3) is 0.667. The summed E-state index contributed by atoms with van der Waals surface area (Å²) in [6.45, 7) is 11.1. The van der Waals surface area contributed by atoms with E-state index in [9.17, 15) is 67.7 Å². The second-order valence-electron chi connectivity index (χ2n) is 25.5. The van der Waals surface area contributed by atoms with Crippen LogP contribution in [0.15, 0.2) is 40.3 Å². The first-order valence-electron chi connectivity index (χ1n) is 33.3. The van der Waals surface area contributed by atoms with Crippen LogP contribution in [0.1, 0.15) is 144 Å². The van der Waals surface area contributed by atoms with Gasteiger partial charge in [-0.1, -0.05) is 58.0 Å². The van der Waals surface area contributed by atoms with Gasteiger partial charge >= 0.3 is 0 Å². The number of unbranched alkanes of at least 4 members (excludes halogenated alkanes) is 1. The predicted molar refractivity (Wildman–Crippen MR) is 364 cm³/mol. The molecule has 36 heteroatoms. The third-order valence-electron chi connectivity index (χ3n) is 15.9. The largest absolute Gasteiger partial charge is 0.481 e. The highest BCUT2D eigenvalue weighted by atomic mass is 16.4. The van der Waals surface area contributed by atoms with E-state index in [4.69, 9.17) is 55.8 Å². The van der Waals surface area contributed by atoms with Crippen molar-refractivity contribution in [2.45, 2.75) is 223 Å². The molecule has 2 saturated heterocycles. The number of aliphatic hydroxyl groups is 2. The molecule has 27 N–H and O–H groups in total. The summed E-state index contributed by atoms with van der Waals surface area (Å²) in [6, 6.07) is -6.51. The molecule has 1 aromatic rings. The quantitative estimate of drug-likeness (QED) is 0.0165. The van der Waals surface area contributed by atoms with Gasteiger partial charge in [-0.15, -0.1) is 0 Å².